The molecule has 0 aliphatic rings. The van der Waals surface area contributed by atoms with Crippen molar-refractivity contribution < 1.29 is 0 Å². The number of benzene rings is 3. The van der Waals surface area contributed by atoms with E-state index in [0.717, 1.165) is 16.7 Å². The van der Waals surface area contributed by atoms with Crippen molar-refractivity contribution >= 4 is 27.6 Å². The fourth-order valence-electron chi connectivity index (χ4n) is 3.27. The van der Waals surface area contributed by atoms with Crippen LogP contribution >= 0.6 is 0 Å². The highest BCUT2D eigenvalue weighted by molar-refractivity contribution is 5.92. The number of aromatic nitrogens is 2. The lowest BCUT2D eigenvalue weighted by Crippen LogP contribution is -1.87. The molecule has 0 spiro atoms. The van der Waals surface area contributed by atoms with E-state index in [2.05, 4.69) is 83.3 Å². The number of pyridine rings is 1. The predicted molar refractivity (Wildman–Crippen MR) is 95.6 cm³/mol. The van der Waals surface area contributed by atoms with Gasteiger partial charge in [-0.25, -0.2) is 4.98 Å². The van der Waals surface area contributed by atoms with E-state index in [1.165, 1.54) is 22.0 Å². The van der Waals surface area contributed by atoms with Crippen molar-refractivity contribution in [2.75, 3.05) is 0 Å². The van der Waals surface area contributed by atoms with Crippen molar-refractivity contribution in [2.45, 2.75) is 0 Å². The number of imidazole rings is 1. The zero-order valence-corrected chi connectivity index (χ0v) is 12.5. The molecular weight excluding hydrogens is 280 g/mol. The highest BCUT2D eigenvalue weighted by Crippen LogP contribution is 2.27. The van der Waals surface area contributed by atoms with E-state index in [-0.39, 0.29) is 0 Å². The molecule has 0 aliphatic carbocycles. The summed E-state index contributed by atoms with van der Waals surface area (Å²) < 4.78 is 2.24. The zero-order valence-electron chi connectivity index (χ0n) is 12.5. The number of rotatable bonds is 1. The molecule has 3 aromatic carbocycles. The Morgan fingerprint density at radius 3 is 2.35 bits per heavy atom. The molecule has 0 amide bonds. The highest BCUT2D eigenvalue weighted by atomic mass is 15.0. The van der Waals surface area contributed by atoms with E-state index in [9.17, 15) is 0 Å². The summed E-state index contributed by atoms with van der Waals surface area (Å²) >= 11 is 0. The first-order chi connectivity index (χ1) is 11.4. The lowest BCUT2D eigenvalue weighted by molar-refractivity contribution is 1.30. The molecule has 2 nitrogen and oxygen atoms in total. The summed E-state index contributed by atoms with van der Waals surface area (Å²) in [7, 11) is 0. The van der Waals surface area contributed by atoms with Crippen molar-refractivity contribution in [1.29, 1.82) is 0 Å². The van der Waals surface area contributed by atoms with E-state index < -0.39 is 0 Å². The molecule has 108 valence electrons. The van der Waals surface area contributed by atoms with Crippen LogP contribution in [0.3, 0.4) is 0 Å². The Kier molecular flexibility index (Phi) is 2.53. The third kappa shape index (κ3) is 1.85. The Morgan fingerprint density at radius 2 is 1.43 bits per heavy atom. The molecule has 0 saturated heterocycles. The Morgan fingerprint density at radius 1 is 0.609 bits per heavy atom. The summed E-state index contributed by atoms with van der Waals surface area (Å²) in [5, 5.41) is 1.23. The van der Waals surface area contributed by atoms with Crippen LogP contribution in [-0.2, 0) is 0 Å². The predicted octanol–water partition coefficient (Wildman–Crippen LogP) is 5.31. The van der Waals surface area contributed by atoms with Crippen molar-refractivity contribution in [3.63, 3.8) is 0 Å². The SMILES string of the molecule is c1ccc(-c2ccc3c(c2)nc2ccc4ccccc4n23)cc1. The fraction of sp³-hybridized carbons (Fsp3) is 0. The second-order valence-corrected chi connectivity index (χ2v) is 5.77. The molecular formula is C21H14N2. The van der Waals surface area contributed by atoms with Crippen LogP contribution in [0.1, 0.15) is 0 Å². The first-order valence-electron chi connectivity index (χ1n) is 7.75. The third-order valence-electron chi connectivity index (χ3n) is 4.38. The summed E-state index contributed by atoms with van der Waals surface area (Å²) in [5.41, 5.74) is 6.78. The Labute approximate surface area is 133 Å². The lowest BCUT2D eigenvalue weighted by atomic mass is 10.1. The molecule has 0 saturated carbocycles. The maximum Gasteiger partial charge on any atom is 0.138 e. The van der Waals surface area contributed by atoms with Gasteiger partial charge in [0.1, 0.15) is 5.65 Å². The molecule has 5 rings (SSSR count). The monoisotopic (exact) mass is 294 g/mol. The topological polar surface area (TPSA) is 17.3 Å². The normalized spacial score (nSPS) is 11.5. The van der Waals surface area contributed by atoms with Crippen molar-refractivity contribution in [2.24, 2.45) is 0 Å². The van der Waals surface area contributed by atoms with Gasteiger partial charge in [0, 0.05) is 0 Å². The molecule has 2 aromatic heterocycles. The number of nitrogens with zero attached hydrogens (tertiary/aromatic N) is 2. The van der Waals surface area contributed by atoms with Gasteiger partial charge in [-0.3, -0.25) is 4.40 Å². The summed E-state index contributed by atoms with van der Waals surface area (Å²) in [6.45, 7) is 0. The Balaban J connectivity index is 1.85. The van der Waals surface area contributed by atoms with Crippen molar-refractivity contribution in [3.05, 3.63) is 84.9 Å². The molecule has 0 atom stereocenters. The molecule has 0 radical (unpaired) electrons. The minimum Gasteiger partial charge on any atom is -0.292 e. The number of hydrogen-bond acceptors (Lipinski definition) is 1. The van der Waals surface area contributed by atoms with Gasteiger partial charge in [-0.15, -0.1) is 0 Å². The van der Waals surface area contributed by atoms with E-state index in [0.29, 0.717) is 0 Å². The van der Waals surface area contributed by atoms with Gasteiger partial charge < -0.3 is 0 Å². The van der Waals surface area contributed by atoms with E-state index in [1.54, 1.807) is 0 Å². The molecule has 0 N–H and O–H groups in total. The van der Waals surface area contributed by atoms with Gasteiger partial charge in [0.2, 0.25) is 0 Å². The quantitative estimate of drug-likeness (QED) is 0.409. The van der Waals surface area contributed by atoms with Crippen LogP contribution < -0.4 is 0 Å². The molecule has 2 heterocycles. The smallest absolute Gasteiger partial charge is 0.138 e. The second kappa shape index (κ2) is 4.68. The summed E-state index contributed by atoms with van der Waals surface area (Å²) in [6.07, 6.45) is 0. The molecule has 0 fully saturated rings. The van der Waals surface area contributed by atoms with Gasteiger partial charge in [0.15, 0.2) is 0 Å². The van der Waals surface area contributed by atoms with Crippen LogP contribution in [-0.4, -0.2) is 9.38 Å². The molecule has 0 bridgehead atoms. The molecule has 0 aliphatic heterocycles. The minimum atomic E-state index is 0.990. The average molecular weight is 294 g/mol. The maximum atomic E-state index is 4.81. The summed E-state index contributed by atoms with van der Waals surface area (Å²) in [5.74, 6) is 0. The lowest BCUT2D eigenvalue weighted by Gasteiger charge is -2.04. The molecule has 0 unspecified atom stereocenters. The number of para-hydroxylation sites is 1. The molecule has 2 heteroatoms. The molecule has 23 heavy (non-hydrogen) atoms. The van der Waals surface area contributed by atoms with Gasteiger partial charge in [-0.1, -0.05) is 54.6 Å². The standard InChI is InChI=1S/C21H14N2/c1-2-6-15(7-3-1)17-10-12-20-18(14-17)22-21-13-11-16-8-4-5-9-19(16)23(20)21/h1-14H. The number of hydrogen-bond donors (Lipinski definition) is 0. The van der Waals surface area contributed by atoms with E-state index >= 15 is 0 Å². The van der Waals surface area contributed by atoms with Gasteiger partial charge in [0.05, 0.1) is 16.6 Å². The second-order valence-electron chi connectivity index (χ2n) is 5.77. The summed E-state index contributed by atoms with van der Waals surface area (Å²) in [4.78, 5) is 4.81. The van der Waals surface area contributed by atoms with Crippen molar-refractivity contribution in [1.82, 2.24) is 9.38 Å². The molecule has 5 aromatic rings. The van der Waals surface area contributed by atoms with Crippen LogP contribution in [0.2, 0.25) is 0 Å². The largest absolute Gasteiger partial charge is 0.292 e. The van der Waals surface area contributed by atoms with Gasteiger partial charge in [-0.2, -0.15) is 0 Å². The highest BCUT2D eigenvalue weighted by Gasteiger charge is 2.08. The third-order valence-corrected chi connectivity index (χ3v) is 4.38. The Bertz CT molecular complexity index is 1150. The van der Waals surface area contributed by atoms with Gasteiger partial charge in [0.25, 0.3) is 0 Å². The Hall–Kier alpha value is -3.13. The average Bonchev–Trinajstić information content (AvgIpc) is 3.00. The van der Waals surface area contributed by atoms with Gasteiger partial charge in [-0.05, 0) is 46.8 Å². The van der Waals surface area contributed by atoms with Crippen LogP contribution in [0, 0.1) is 0 Å². The first-order valence-corrected chi connectivity index (χ1v) is 7.75. The van der Waals surface area contributed by atoms with E-state index in [1.807, 2.05) is 6.07 Å². The van der Waals surface area contributed by atoms with Crippen molar-refractivity contribution in [3.8, 4) is 11.1 Å². The maximum absolute atomic E-state index is 4.81. The zero-order chi connectivity index (χ0) is 15.2. The minimum absolute atomic E-state index is 0.990. The first kappa shape index (κ1) is 12.4. The van der Waals surface area contributed by atoms with Crippen LogP contribution in [0.5, 0.6) is 0 Å². The summed E-state index contributed by atoms with van der Waals surface area (Å²) in [6, 6.07) is 29.6. The van der Waals surface area contributed by atoms with Crippen LogP contribution in [0.4, 0.5) is 0 Å². The fourth-order valence-corrected chi connectivity index (χ4v) is 3.27. The van der Waals surface area contributed by atoms with Crippen LogP contribution in [0.25, 0.3) is 38.7 Å². The van der Waals surface area contributed by atoms with E-state index in [4.69, 9.17) is 4.98 Å². The van der Waals surface area contributed by atoms with Gasteiger partial charge >= 0.3 is 0 Å². The number of fused-ring (bicyclic) bond motifs is 5. The van der Waals surface area contributed by atoms with Crippen LogP contribution in [0.15, 0.2) is 84.9 Å².